The van der Waals surface area contributed by atoms with Crippen LogP contribution in [0.15, 0.2) is 66.7 Å². The summed E-state index contributed by atoms with van der Waals surface area (Å²) >= 11 is 5.96. The highest BCUT2D eigenvalue weighted by atomic mass is 35.5. The maximum Gasteiger partial charge on any atom is 0.417 e. The van der Waals surface area contributed by atoms with Gasteiger partial charge < -0.3 is 5.32 Å². The van der Waals surface area contributed by atoms with E-state index in [2.05, 4.69) is 5.32 Å². The van der Waals surface area contributed by atoms with Crippen LogP contribution in [0.4, 0.5) is 23.2 Å². The first-order valence-corrected chi connectivity index (χ1v) is 8.16. The standard InChI is InChI=1S/C20H12ClF4NO/c21-13-5-3-4-12(10-13)15-9-8-14(22)11-18(15)26-19(27)16-6-1-2-7-17(16)20(23,24)25/h1-11H,(H,26,27). The van der Waals surface area contributed by atoms with Gasteiger partial charge in [-0.25, -0.2) is 4.39 Å². The highest BCUT2D eigenvalue weighted by Crippen LogP contribution is 2.34. The third-order valence-corrected chi connectivity index (χ3v) is 4.08. The zero-order chi connectivity index (χ0) is 19.6. The Morgan fingerprint density at radius 3 is 2.37 bits per heavy atom. The van der Waals surface area contributed by atoms with Gasteiger partial charge in [-0.15, -0.1) is 0 Å². The molecule has 1 amide bonds. The highest BCUT2D eigenvalue weighted by Gasteiger charge is 2.34. The Bertz CT molecular complexity index is 1000. The Morgan fingerprint density at radius 1 is 0.926 bits per heavy atom. The first-order chi connectivity index (χ1) is 12.8. The van der Waals surface area contributed by atoms with Gasteiger partial charge >= 0.3 is 6.18 Å². The molecule has 0 heterocycles. The van der Waals surface area contributed by atoms with Gasteiger partial charge in [-0.1, -0.05) is 35.9 Å². The monoisotopic (exact) mass is 393 g/mol. The molecular weight excluding hydrogens is 382 g/mol. The predicted octanol–water partition coefficient (Wildman–Crippen LogP) is 6.42. The molecule has 0 bridgehead atoms. The summed E-state index contributed by atoms with van der Waals surface area (Å²) in [5, 5.41) is 2.80. The molecule has 2 nitrogen and oxygen atoms in total. The molecule has 0 saturated carbocycles. The van der Waals surface area contributed by atoms with Crippen molar-refractivity contribution in [2.75, 3.05) is 5.32 Å². The van der Waals surface area contributed by atoms with Crippen molar-refractivity contribution in [2.24, 2.45) is 0 Å². The van der Waals surface area contributed by atoms with E-state index in [4.69, 9.17) is 11.6 Å². The molecule has 0 unspecified atom stereocenters. The number of hydrogen-bond donors (Lipinski definition) is 1. The molecule has 3 rings (SSSR count). The lowest BCUT2D eigenvalue weighted by Gasteiger charge is -2.15. The van der Waals surface area contributed by atoms with E-state index in [1.54, 1.807) is 24.3 Å². The van der Waals surface area contributed by atoms with Crippen LogP contribution in [-0.4, -0.2) is 5.91 Å². The molecule has 0 aliphatic rings. The third-order valence-electron chi connectivity index (χ3n) is 3.84. The molecule has 0 aliphatic heterocycles. The van der Waals surface area contributed by atoms with Gasteiger partial charge in [0, 0.05) is 10.6 Å². The topological polar surface area (TPSA) is 29.1 Å². The first-order valence-electron chi connectivity index (χ1n) is 7.79. The van der Waals surface area contributed by atoms with Crippen LogP contribution in [0.2, 0.25) is 5.02 Å². The molecule has 0 fully saturated rings. The fraction of sp³-hybridized carbons (Fsp3) is 0.0500. The molecule has 0 aliphatic carbocycles. The molecule has 0 aromatic heterocycles. The number of alkyl halides is 3. The van der Waals surface area contributed by atoms with Crippen molar-refractivity contribution < 1.29 is 22.4 Å². The zero-order valence-electron chi connectivity index (χ0n) is 13.6. The number of carbonyl (C=O) groups excluding carboxylic acids is 1. The van der Waals surface area contributed by atoms with Gasteiger partial charge in [-0.3, -0.25) is 4.79 Å². The maximum absolute atomic E-state index is 13.7. The number of amides is 1. The van der Waals surface area contributed by atoms with Crippen LogP contribution >= 0.6 is 11.6 Å². The Hall–Kier alpha value is -2.86. The fourth-order valence-electron chi connectivity index (χ4n) is 2.65. The molecule has 0 saturated heterocycles. The maximum atomic E-state index is 13.7. The van der Waals surface area contributed by atoms with Crippen molar-refractivity contribution in [3.05, 3.63) is 88.7 Å². The van der Waals surface area contributed by atoms with Gasteiger partial charge in [0.2, 0.25) is 0 Å². The summed E-state index contributed by atoms with van der Waals surface area (Å²) in [6, 6.07) is 14.7. The Balaban J connectivity index is 2.02. The summed E-state index contributed by atoms with van der Waals surface area (Å²) < 4.78 is 53.1. The van der Waals surface area contributed by atoms with Crippen molar-refractivity contribution in [3.8, 4) is 11.1 Å². The van der Waals surface area contributed by atoms with Crippen LogP contribution in [0.3, 0.4) is 0 Å². The van der Waals surface area contributed by atoms with E-state index in [0.717, 1.165) is 18.2 Å². The summed E-state index contributed by atoms with van der Waals surface area (Å²) in [5.41, 5.74) is -0.563. The minimum atomic E-state index is -4.69. The van der Waals surface area contributed by atoms with Gasteiger partial charge in [0.25, 0.3) is 5.91 Å². The van der Waals surface area contributed by atoms with Crippen molar-refractivity contribution >= 4 is 23.2 Å². The molecule has 138 valence electrons. The molecule has 0 radical (unpaired) electrons. The van der Waals surface area contributed by atoms with Crippen molar-refractivity contribution in [3.63, 3.8) is 0 Å². The second-order valence-corrected chi connectivity index (χ2v) is 6.13. The Kier molecular flexibility index (Phi) is 5.19. The fourth-order valence-corrected chi connectivity index (χ4v) is 2.84. The lowest BCUT2D eigenvalue weighted by atomic mass is 10.0. The van der Waals surface area contributed by atoms with Gasteiger partial charge in [0.1, 0.15) is 5.82 Å². The van der Waals surface area contributed by atoms with E-state index in [9.17, 15) is 22.4 Å². The molecule has 1 N–H and O–H groups in total. The average Bonchev–Trinajstić information content (AvgIpc) is 2.61. The number of benzene rings is 3. The van der Waals surface area contributed by atoms with E-state index >= 15 is 0 Å². The molecule has 7 heteroatoms. The summed E-state index contributed by atoms with van der Waals surface area (Å²) in [4.78, 5) is 12.5. The first kappa shape index (κ1) is 18.9. The third kappa shape index (κ3) is 4.28. The zero-order valence-corrected chi connectivity index (χ0v) is 14.4. The number of halogens is 5. The summed E-state index contributed by atoms with van der Waals surface area (Å²) in [6.07, 6.45) is -4.69. The number of nitrogens with one attached hydrogen (secondary N) is 1. The molecule has 0 spiro atoms. The molecule has 0 atom stereocenters. The van der Waals surface area contributed by atoms with E-state index in [0.29, 0.717) is 16.1 Å². The second kappa shape index (κ2) is 7.40. The van der Waals surface area contributed by atoms with Crippen molar-refractivity contribution in [2.45, 2.75) is 6.18 Å². The van der Waals surface area contributed by atoms with Crippen LogP contribution < -0.4 is 5.32 Å². The van der Waals surface area contributed by atoms with E-state index in [1.807, 2.05) is 0 Å². The van der Waals surface area contributed by atoms with Crippen LogP contribution in [0, 0.1) is 5.82 Å². The van der Waals surface area contributed by atoms with Gasteiger partial charge in [-0.2, -0.15) is 13.2 Å². The minimum absolute atomic E-state index is 0.0410. The normalized spacial score (nSPS) is 11.3. The highest BCUT2D eigenvalue weighted by molar-refractivity contribution is 6.30. The number of rotatable bonds is 3. The van der Waals surface area contributed by atoms with Crippen molar-refractivity contribution in [1.82, 2.24) is 0 Å². The minimum Gasteiger partial charge on any atom is -0.321 e. The number of hydrogen-bond acceptors (Lipinski definition) is 1. The predicted molar refractivity (Wildman–Crippen MR) is 96.2 cm³/mol. The Morgan fingerprint density at radius 2 is 1.67 bits per heavy atom. The summed E-state index contributed by atoms with van der Waals surface area (Å²) in [5.74, 6) is -1.63. The largest absolute Gasteiger partial charge is 0.417 e. The average molecular weight is 394 g/mol. The lowest BCUT2D eigenvalue weighted by molar-refractivity contribution is -0.137. The van der Waals surface area contributed by atoms with Crippen LogP contribution in [0.1, 0.15) is 15.9 Å². The van der Waals surface area contributed by atoms with Crippen molar-refractivity contribution in [1.29, 1.82) is 0 Å². The lowest BCUT2D eigenvalue weighted by Crippen LogP contribution is -2.19. The SMILES string of the molecule is O=C(Nc1cc(F)ccc1-c1cccc(Cl)c1)c1ccccc1C(F)(F)F. The van der Waals surface area contributed by atoms with Crippen LogP contribution in [0.5, 0.6) is 0 Å². The molecule has 27 heavy (non-hydrogen) atoms. The van der Waals surface area contributed by atoms with Crippen LogP contribution in [-0.2, 0) is 6.18 Å². The van der Waals surface area contributed by atoms with E-state index < -0.39 is 29.0 Å². The molecule has 3 aromatic carbocycles. The molecular formula is C20H12ClF4NO. The smallest absolute Gasteiger partial charge is 0.321 e. The quantitative estimate of drug-likeness (QED) is 0.511. The summed E-state index contributed by atoms with van der Waals surface area (Å²) in [6.45, 7) is 0. The molecule has 3 aromatic rings. The Labute approximate surface area is 157 Å². The van der Waals surface area contributed by atoms with E-state index in [-0.39, 0.29) is 5.69 Å². The van der Waals surface area contributed by atoms with Crippen LogP contribution in [0.25, 0.3) is 11.1 Å². The van der Waals surface area contributed by atoms with E-state index in [1.165, 1.54) is 24.3 Å². The van der Waals surface area contributed by atoms with Gasteiger partial charge in [0.15, 0.2) is 0 Å². The second-order valence-electron chi connectivity index (χ2n) is 5.70. The summed E-state index contributed by atoms with van der Waals surface area (Å²) in [7, 11) is 0. The number of anilines is 1. The van der Waals surface area contributed by atoms with Gasteiger partial charge in [-0.05, 0) is 48.0 Å². The van der Waals surface area contributed by atoms with Gasteiger partial charge in [0.05, 0.1) is 16.8 Å². The number of carbonyl (C=O) groups is 1.